The van der Waals surface area contributed by atoms with E-state index in [4.69, 9.17) is 21.4 Å². The number of aliphatic carboxylic acids is 1. The molecule has 1 unspecified atom stereocenters. The second-order valence-corrected chi connectivity index (χ2v) is 7.45. The molecule has 0 aliphatic carbocycles. The van der Waals surface area contributed by atoms with Crippen LogP contribution in [0.25, 0.3) is 10.2 Å². The summed E-state index contributed by atoms with van der Waals surface area (Å²) in [4.78, 5) is 31.4. The van der Waals surface area contributed by atoms with E-state index >= 15 is 0 Å². The van der Waals surface area contributed by atoms with Gasteiger partial charge >= 0.3 is 10.8 Å². The van der Waals surface area contributed by atoms with E-state index in [-0.39, 0.29) is 23.9 Å². The van der Waals surface area contributed by atoms with Crippen LogP contribution >= 0.6 is 22.9 Å². The molecule has 7 nitrogen and oxygen atoms in total. The molecule has 0 amide bonds. The average Bonchev–Trinajstić information content (AvgIpc) is 2.93. The summed E-state index contributed by atoms with van der Waals surface area (Å²) < 4.78 is 8.13. The van der Waals surface area contributed by atoms with Crippen LogP contribution < -0.4 is 9.61 Å². The molecule has 1 N–H and O–H groups in total. The van der Waals surface area contributed by atoms with Crippen LogP contribution in [0.3, 0.4) is 0 Å². The lowest BCUT2D eigenvalue weighted by Gasteiger charge is -2.17. The van der Waals surface area contributed by atoms with Gasteiger partial charge < -0.3 is 9.84 Å². The molecule has 0 fully saturated rings. The fraction of sp³-hybridized carbons (Fsp3) is 0.333. The number of fused-ring (bicyclic) bond motifs is 1. The van der Waals surface area contributed by atoms with E-state index in [2.05, 4.69) is 9.97 Å². The van der Waals surface area contributed by atoms with Gasteiger partial charge in [-0.05, 0) is 25.0 Å². The summed E-state index contributed by atoms with van der Waals surface area (Å²) in [7, 11) is 0. The second kappa shape index (κ2) is 8.06. The number of carboxylic acids is 1. The Morgan fingerprint density at radius 2 is 2.07 bits per heavy atom. The lowest BCUT2D eigenvalue weighted by atomic mass is 10.2. The van der Waals surface area contributed by atoms with E-state index in [0.29, 0.717) is 33.2 Å². The molecule has 0 saturated heterocycles. The van der Waals surface area contributed by atoms with Crippen LogP contribution in [0.15, 0.2) is 29.3 Å². The number of aryl methyl sites for hydroxylation is 2. The Labute approximate surface area is 164 Å². The maximum Gasteiger partial charge on any atom is 0.308 e. The van der Waals surface area contributed by atoms with Crippen molar-refractivity contribution in [1.29, 1.82) is 0 Å². The maximum absolute atomic E-state index is 12.2. The zero-order valence-corrected chi connectivity index (χ0v) is 16.4. The Morgan fingerprint density at radius 3 is 2.70 bits per heavy atom. The monoisotopic (exact) mass is 407 g/mol. The zero-order valence-electron chi connectivity index (χ0n) is 14.8. The molecule has 2 heterocycles. The molecule has 0 aliphatic heterocycles. The minimum absolute atomic E-state index is 0.0967. The van der Waals surface area contributed by atoms with Gasteiger partial charge in [-0.25, -0.2) is 9.97 Å². The van der Waals surface area contributed by atoms with E-state index in [1.165, 1.54) is 4.57 Å². The van der Waals surface area contributed by atoms with Gasteiger partial charge in [-0.1, -0.05) is 29.9 Å². The van der Waals surface area contributed by atoms with Gasteiger partial charge in [0.15, 0.2) is 11.9 Å². The van der Waals surface area contributed by atoms with Crippen LogP contribution in [0.1, 0.15) is 37.3 Å². The van der Waals surface area contributed by atoms with Gasteiger partial charge in [0, 0.05) is 25.0 Å². The van der Waals surface area contributed by atoms with Crippen molar-refractivity contribution >= 4 is 39.1 Å². The van der Waals surface area contributed by atoms with Gasteiger partial charge in [-0.3, -0.25) is 14.2 Å². The normalized spacial score (nSPS) is 12.3. The number of ether oxygens (including phenoxy) is 1. The predicted molar refractivity (Wildman–Crippen MR) is 104 cm³/mol. The lowest BCUT2D eigenvalue weighted by Crippen LogP contribution is -2.15. The molecule has 1 atom stereocenters. The Hall–Kier alpha value is -2.45. The van der Waals surface area contributed by atoms with Crippen molar-refractivity contribution in [1.82, 2.24) is 14.5 Å². The third-order valence-electron chi connectivity index (χ3n) is 4.00. The zero-order chi connectivity index (χ0) is 19.6. The highest BCUT2D eigenvalue weighted by atomic mass is 35.5. The summed E-state index contributed by atoms with van der Waals surface area (Å²) >= 11 is 7.40. The number of rotatable bonds is 7. The number of hydrogen-bond acceptors (Lipinski definition) is 6. The maximum atomic E-state index is 12.2. The van der Waals surface area contributed by atoms with E-state index in [9.17, 15) is 9.59 Å². The van der Waals surface area contributed by atoms with Gasteiger partial charge in [-0.2, -0.15) is 0 Å². The summed E-state index contributed by atoms with van der Waals surface area (Å²) in [5.41, 5.74) is 1.56. The summed E-state index contributed by atoms with van der Waals surface area (Å²) in [6, 6.07) is 3.34. The molecule has 0 bridgehead atoms. The van der Waals surface area contributed by atoms with Crippen LogP contribution in [-0.4, -0.2) is 25.6 Å². The molecular formula is C18H18ClN3O4S. The highest BCUT2D eigenvalue weighted by Gasteiger charge is 2.18. The molecule has 0 radical (unpaired) electrons. The highest BCUT2D eigenvalue weighted by Crippen LogP contribution is 2.34. The fourth-order valence-corrected chi connectivity index (χ4v) is 3.74. The van der Waals surface area contributed by atoms with Crippen LogP contribution in [0.4, 0.5) is 0 Å². The SMILES string of the molecule is CCC(Oc1cc2sc(=O)n(CCC(=O)O)c2cc1Cl)c1ncc(C)cn1. The van der Waals surface area contributed by atoms with Crippen molar-refractivity contribution in [2.75, 3.05) is 0 Å². The summed E-state index contributed by atoms with van der Waals surface area (Å²) in [5, 5.41) is 9.20. The Kier molecular flexibility index (Phi) is 5.76. The van der Waals surface area contributed by atoms with Gasteiger partial charge in [0.1, 0.15) is 5.75 Å². The Balaban J connectivity index is 1.93. The number of hydrogen-bond donors (Lipinski definition) is 1. The van der Waals surface area contributed by atoms with Gasteiger partial charge in [0.25, 0.3) is 0 Å². The fourth-order valence-electron chi connectivity index (χ4n) is 2.61. The van der Waals surface area contributed by atoms with Crippen molar-refractivity contribution in [2.45, 2.75) is 39.3 Å². The molecule has 2 aromatic heterocycles. The van der Waals surface area contributed by atoms with E-state index in [1.54, 1.807) is 24.5 Å². The van der Waals surface area contributed by atoms with Crippen molar-refractivity contribution in [3.8, 4) is 5.75 Å². The number of thiazole rings is 1. The summed E-state index contributed by atoms with van der Waals surface area (Å²) in [6.07, 6.45) is 3.60. The van der Waals surface area contributed by atoms with Gasteiger partial charge in [0.2, 0.25) is 0 Å². The number of carboxylic acid groups (broad SMARTS) is 1. The van der Waals surface area contributed by atoms with Crippen molar-refractivity contribution in [3.05, 3.63) is 50.6 Å². The average molecular weight is 408 g/mol. The van der Waals surface area contributed by atoms with Crippen molar-refractivity contribution in [3.63, 3.8) is 0 Å². The minimum Gasteiger partial charge on any atom is -0.481 e. The van der Waals surface area contributed by atoms with E-state index in [0.717, 1.165) is 16.9 Å². The van der Waals surface area contributed by atoms with E-state index in [1.807, 2.05) is 13.8 Å². The first kappa shape index (κ1) is 19.3. The standard InChI is InChI=1S/C18H18ClN3O4S/c1-3-13(17-20-8-10(2)9-21-17)26-14-7-15-12(6-11(14)19)22(18(25)27-15)5-4-16(23)24/h6-9,13H,3-5H2,1-2H3,(H,23,24). The number of halogens is 1. The van der Waals surface area contributed by atoms with Gasteiger partial charge in [0.05, 0.1) is 21.7 Å². The van der Waals surface area contributed by atoms with Crippen molar-refractivity contribution < 1.29 is 14.6 Å². The molecule has 9 heteroatoms. The molecule has 1 aromatic carbocycles. The third kappa shape index (κ3) is 4.28. The first-order valence-corrected chi connectivity index (χ1v) is 9.58. The topological polar surface area (TPSA) is 94.3 Å². The number of carbonyl (C=O) groups is 1. The van der Waals surface area contributed by atoms with Crippen molar-refractivity contribution in [2.24, 2.45) is 0 Å². The van der Waals surface area contributed by atoms with Crippen LogP contribution in [0.5, 0.6) is 5.75 Å². The molecular weight excluding hydrogens is 390 g/mol. The smallest absolute Gasteiger partial charge is 0.308 e. The molecule has 0 saturated carbocycles. The Morgan fingerprint density at radius 1 is 1.37 bits per heavy atom. The molecule has 0 aliphatic rings. The Bertz CT molecular complexity index is 1030. The number of aromatic nitrogens is 3. The predicted octanol–water partition coefficient (Wildman–Crippen LogP) is 3.82. The van der Waals surface area contributed by atoms with Crippen LogP contribution in [-0.2, 0) is 11.3 Å². The molecule has 27 heavy (non-hydrogen) atoms. The first-order chi connectivity index (χ1) is 12.9. The van der Waals surface area contributed by atoms with Crippen LogP contribution in [0.2, 0.25) is 5.02 Å². The molecule has 0 spiro atoms. The van der Waals surface area contributed by atoms with E-state index < -0.39 is 5.97 Å². The molecule has 3 rings (SSSR count). The third-order valence-corrected chi connectivity index (χ3v) is 5.24. The summed E-state index contributed by atoms with van der Waals surface area (Å²) in [5.74, 6) is 0.0366. The van der Waals surface area contributed by atoms with Crippen LogP contribution in [0, 0.1) is 6.92 Å². The number of nitrogens with zero attached hydrogens (tertiary/aromatic N) is 3. The quantitative estimate of drug-likeness (QED) is 0.639. The minimum atomic E-state index is -0.962. The first-order valence-electron chi connectivity index (χ1n) is 8.39. The molecule has 3 aromatic rings. The molecule has 142 valence electrons. The summed E-state index contributed by atoms with van der Waals surface area (Å²) in [6.45, 7) is 3.97. The number of benzene rings is 1. The lowest BCUT2D eigenvalue weighted by molar-refractivity contribution is -0.137. The second-order valence-electron chi connectivity index (χ2n) is 6.05. The largest absolute Gasteiger partial charge is 0.481 e. The van der Waals surface area contributed by atoms with Gasteiger partial charge in [-0.15, -0.1) is 0 Å². The highest BCUT2D eigenvalue weighted by molar-refractivity contribution is 7.16.